The van der Waals surface area contributed by atoms with E-state index in [1.165, 1.54) is 6.42 Å². The predicted octanol–water partition coefficient (Wildman–Crippen LogP) is 2.20. The molecule has 1 fully saturated rings. The molecule has 0 spiro atoms. The fourth-order valence-corrected chi connectivity index (χ4v) is 2.41. The van der Waals surface area contributed by atoms with Crippen molar-refractivity contribution in [1.29, 1.82) is 0 Å². The van der Waals surface area contributed by atoms with Crippen LogP contribution in [0.25, 0.3) is 0 Å². The van der Waals surface area contributed by atoms with Crippen LogP contribution in [0.4, 0.5) is 0 Å². The van der Waals surface area contributed by atoms with E-state index in [1.807, 2.05) is 5.01 Å². The van der Waals surface area contributed by atoms with Crippen LogP contribution in [0.2, 0.25) is 5.02 Å². The fourth-order valence-electron chi connectivity index (χ4n) is 2.19. The Hall–Kier alpha value is -1.54. The monoisotopic (exact) mass is 306 g/mol. The number of carbonyl (C=O) groups is 1. The first-order valence-electron chi connectivity index (χ1n) is 7.16. The number of aliphatic hydroxyl groups is 1. The number of hydrogen-bond donors (Lipinski definition) is 2. The number of nitrogens with one attached hydrogen (secondary N) is 1. The first kappa shape index (κ1) is 15.8. The quantitative estimate of drug-likeness (QED) is 0.842. The molecule has 1 amide bonds. The summed E-state index contributed by atoms with van der Waals surface area (Å²) in [6.07, 6.45) is 3.85. The van der Waals surface area contributed by atoms with E-state index in [9.17, 15) is 4.79 Å². The number of piperidine rings is 1. The summed E-state index contributed by atoms with van der Waals surface area (Å²) in [6, 6.07) is 5.08. The third-order valence-corrected chi connectivity index (χ3v) is 3.62. The molecule has 0 radical (unpaired) electrons. The SMILES string of the molecule is O=C(NN1CCCCC1)c1ccc(C#CCCO)c(Cl)c1. The molecule has 0 aliphatic carbocycles. The number of nitrogens with zero attached hydrogens (tertiary/aromatic N) is 1. The molecule has 4 nitrogen and oxygen atoms in total. The van der Waals surface area contributed by atoms with Gasteiger partial charge in [0.1, 0.15) is 0 Å². The second kappa shape index (κ2) is 8.04. The zero-order chi connectivity index (χ0) is 15.1. The van der Waals surface area contributed by atoms with Gasteiger partial charge in [-0.3, -0.25) is 10.2 Å². The first-order chi connectivity index (χ1) is 10.2. The maximum atomic E-state index is 12.2. The van der Waals surface area contributed by atoms with E-state index in [1.54, 1.807) is 18.2 Å². The third-order valence-electron chi connectivity index (χ3n) is 3.31. The van der Waals surface area contributed by atoms with Crippen LogP contribution in [0.1, 0.15) is 41.6 Å². The lowest BCUT2D eigenvalue weighted by Crippen LogP contribution is -2.45. The highest BCUT2D eigenvalue weighted by molar-refractivity contribution is 6.32. The molecule has 1 heterocycles. The van der Waals surface area contributed by atoms with Gasteiger partial charge in [0.25, 0.3) is 5.91 Å². The minimum absolute atomic E-state index is 0.0287. The van der Waals surface area contributed by atoms with E-state index >= 15 is 0 Å². The van der Waals surface area contributed by atoms with Crippen molar-refractivity contribution in [3.8, 4) is 11.8 Å². The number of hydrogen-bond acceptors (Lipinski definition) is 3. The molecule has 0 saturated carbocycles. The molecular formula is C16H19ClN2O2. The van der Waals surface area contributed by atoms with Gasteiger partial charge in [0, 0.05) is 30.6 Å². The molecule has 0 atom stereocenters. The standard InChI is InChI=1S/C16H19ClN2O2/c17-15-12-14(8-7-13(15)6-2-5-11-20)16(21)18-19-9-3-1-4-10-19/h7-8,12,20H,1,3-5,9-11H2,(H,18,21). The zero-order valence-corrected chi connectivity index (χ0v) is 12.6. The molecule has 1 aromatic rings. The Morgan fingerprint density at radius 1 is 1.33 bits per heavy atom. The smallest absolute Gasteiger partial charge is 0.265 e. The van der Waals surface area contributed by atoms with Crippen LogP contribution >= 0.6 is 11.6 Å². The van der Waals surface area contributed by atoms with Crippen molar-refractivity contribution >= 4 is 17.5 Å². The van der Waals surface area contributed by atoms with Crippen LogP contribution < -0.4 is 5.43 Å². The lowest BCUT2D eigenvalue weighted by atomic mass is 10.1. The van der Waals surface area contributed by atoms with Gasteiger partial charge in [0.05, 0.1) is 11.6 Å². The summed E-state index contributed by atoms with van der Waals surface area (Å²) in [5, 5.41) is 11.1. The number of rotatable bonds is 3. The molecule has 21 heavy (non-hydrogen) atoms. The lowest BCUT2D eigenvalue weighted by Gasteiger charge is -2.26. The van der Waals surface area contributed by atoms with Crippen LogP contribution in [0.15, 0.2) is 18.2 Å². The summed E-state index contributed by atoms with van der Waals surface area (Å²) in [5.74, 6) is 5.55. The Balaban J connectivity index is 2.01. The topological polar surface area (TPSA) is 52.6 Å². The molecule has 1 saturated heterocycles. The van der Waals surface area contributed by atoms with E-state index in [4.69, 9.17) is 16.7 Å². The molecule has 1 aliphatic rings. The van der Waals surface area contributed by atoms with Gasteiger partial charge in [0.2, 0.25) is 0 Å². The average Bonchev–Trinajstić information content (AvgIpc) is 2.50. The van der Waals surface area contributed by atoms with Gasteiger partial charge in [0.15, 0.2) is 0 Å². The summed E-state index contributed by atoms with van der Waals surface area (Å²) >= 11 is 6.14. The second-order valence-corrected chi connectivity index (χ2v) is 5.37. The van der Waals surface area contributed by atoms with Crippen molar-refractivity contribution in [1.82, 2.24) is 10.4 Å². The molecule has 1 aromatic carbocycles. The minimum atomic E-state index is -0.145. The maximum Gasteiger partial charge on any atom is 0.265 e. The molecule has 112 valence electrons. The van der Waals surface area contributed by atoms with E-state index in [-0.39, 0.29) is 12.5 Å². The first-order valence-corrected chi connectivity index (χ1v) is 7.53. The second-order valence-electron chi connectivity index (χ2n) is 4.96. The average molecular weight is 307 g/mol. The minimum Gasteiger partial charge on any atom is -0.395 e. The van der Waals surface area contributed by atoms with Crippen LogP contribution in [-0.4, -0.2) is 35.7 Å². The molecular weight excluding hydrogens is 288 g/mol. The summed E-state index contributed by atoms with van der Waals surface area (Å²) in [4.78, 5) is 12.2. The van der Waals surface area contributed by atoms with E-state index in [0.717, 1.165) is 25.9 Å². The number of aliphatic hydroxyl groups excluding tert-OH is 1. The molecule has 2 N–H and O–H groups in total. The predicted molar refractivity (Wildman–Crippen MR) is 82.9 cm³/mol. The van der Waals surface area contributed by atoms with E-state index in [0.29, 0.717) is 22.6 Å². The highest BCUT2D eigenvalue weighted by atomic mass is 35.5. The normalized spacial score (nSPS) is 15.1. The summed E-state index contributed by atoms with van der Waals surface area (Å²) in [6.45, 7) is 1.81. The molecule has 2 rings (SSSR count). The van der Waals surface area contributed by atoms with Gasteiger partial charge in [-0.15, -0.1) is 0 Å². The van der Waals surface area contributed by atoms with Crippen molar-refractivity contribution in [3.05, 3.63) is 34.3 Å². The van der Waals surface area contributed by atoms with Gasteiger partial charge in [-0.25, -0.2) is 5.01 Å². The molecule has 0 unspecified atom stereocenters. The number of carbonyl (C=O) groups excluding carboxylic acids is 1. The highest BCUT2D eigenvalue weighted by Crippen LogP contribution is 2.17. The third kappa shape index (κ3) is 4.75. The van der Waals surface area contributed by atoms with Crippen LogP contribution in [0.3, 0.4) is 0 Å². The lowest BCUT2D eigenvalue weighted by molar-refractivity contribution is 0.0750. The molecule has 1 aliphatic heterocycles. The van der Waals surface area contributed by atoms with Crippen molar-refractivity contribution in [2.75, 3.05) is 19.7 Å². The summed E-state index contributed by atoms with van der Waals surface area (Å²) in [5.41, 5.74) is 4.09. The van der Waals surface area contributed by atoms with Gasteiger partial charge in [-0.2, -0.15) is 0 Å². The van der Waals surface area contributed by atoms with Gasteiger partial charge < -0.3 is 5.11 Å². The van der Waals surface area contributed by atoms with Crippen LogP contribution in [0.5, 0.6) is 0 Å². The maximum absolute atomic E-state index is 12.2. The van der Waals surface area contributed by atoms with E-state index < -0.39 is 0 Å². The zero-order valence-electron chi connectivity index (χ0n) is 11.9. The Morgan fingerprint density at radius 3 is 2.76 bits per heavy atom. The largest absolute Gasteiger partial charge is 0.395 e. The number of benzene rings is 1. The van der Waals surface area contributed by atoms with Crippen LogP contribution in [-0.2, 0) is 0 Å². The van der Waals surface area contributed by atoms with Crippen molar-refractivity contribution in [3.63, 3.8) is 0 Å². The Morgan fingerprint density at radius 2 is 2.10 bits per heavy atom. The number of halogens is 1. The highest BCUT2D eigenvalue weighted by Gasteiger charge is 2.14. The fraction of sp³-hybridized carbons (Fsp3) is 0.438. The number of hydrazine groups is 1. The van der Waals surface area contributed by atoms with Gasteiger partial charge in [-0.1, -0.05) is 29.9 Å². The van der Waals surface area contributed by atoms with Crippen LogP contribution in [0, 0.1) is 11.8 Å². The van der Waals surface area contributed by atoms with E-state index in [2.05, 4.69) is 17.3 Å². The Kier molecular flexibility index (Phi) is 6.06. The number of amides is 1. The van der Waals surface area contributed by atoms with Gasteiger partial charge in [-0.05, 0) is 31.0 Å². The Bertz CT molecular complexity index is 557. The van der Waals surface area contributed by atoms with Crippen molar-refractivity contribution in [2.24, 2.45) is 0 Å². The van der Waals surface area contributed by atoms with Crippen molar-refractivity contribution in [2.45, 2.75) is 25.7 Å². The summed E-state index contributed by atoms with van der Waals surface area (Å²) in [7, 11) is 0. The molecule has 0 bridgehead atoms. The molecule has 0 aromatic heterocycles. The molecule has 5 heteroatoms. The summed E-state index contributed by atoms with van der Waals surface area (Å²) < 4.78 is 0. The van der Waals surface area contributed by atoms with Gasteiger partial charge >= 0.3 is 0 Å². The Labute approximate surface area is 130 Å². The van der Waals surface area contributed by atoms with Crippen molar-refractivity contribution < 1.29 is 9.90 Å².